The minimum Gasteiger partial charge on any atom is -0.493 e. The van der Waals surface area contributed by atoms with E-state index >= 15 is 0 Å². The third kappa shape index (κ3) is 3.79. The van der Waals surface area contributed by atoms with Crippen LogP contribution in [0.15, 0.2) is 58.1 Å². The van der Waals surface area contributed by atoms with E-state index in [4.69, 9.17) is 14.6 Å². The van der Waals surface area contributed by atoms with Gasteiger partial charge < -0.3 is 14.6 Å². The standard InChI is InChI=1S/C25H21BrN2O6/c1-33-19-9-14(8-18(26)22(19)34-12-13-2-4-15(5-3-13)25(31)32)11-27-28-23(29)20-16-6-7-17(10-16)21(20)24(28)30/h2-9,11,16-17,20-21H,10,12H2,1H3,(H,31,32)/t16-,17-,20-,21+/m0/s1. The first kappa shape index (κ1) is 22.3. The summed E-state index contributed by atoms with van der Waals surface area (Å²) in [5.41, 5.74) is 1.62. The van der Waals surface area contributed by atoms with Crippen molar-refractivity contribution in [3.8, 4) is 11.5 Å². The number of aromatic carboxylic acids is 1. The molecule has 34 heavy (non-hydrogen) atoms. The summed E-state index contributed by atoms with van der Waals surface area (Å²) in [6.07, 6.45) is 6.43. The molecule has 0 aromatic heterocycles. The summed E-state index contributed by atoms with van der Waals surface area (Å²) in [5, 5.41) is 14.2. The molecule has 2 aliphatic carbocycles. The molecule has 3 aliphatic rings. The highest BCUT2D eigenvalue weighted by molar-refractivity contribution is 9.10. The highest BCUT2D eigenvalue weighted by Gasteiger charge is 2.59. The predicted octanol–water partition coefficient (Wildman–Crippen LogP) is 3.88. The van der Waals surface area contributed by atoms with Crippen LogP contribution in [0.2, 0.25) is 0 Å². The quantitative estimate of drug-likeness (QED) is 0.334. The van der Waals surface area contributed by atoms with Crippen LogP contribution >= 0.6 is 15.9 Å². The van der Waals surface area contributed by atoms with Crippen molar-refractivity contribution in [1.29, 1.82) is 0 Å². The van der Waals surface area contributed by atoms with Gasteiger partial charge in [-0.1, -0.05) is 24.3 Å². The number of hydrazone groups is 1. The van der Waals surface area contributed by atoms with Crippen molar-refractivity contribution in [2.24, 2.45) is 28.8 Å². The number of fused-ring (bicyclic) bond motifs is 5. The molecule has 2 aromatic rings. The summed E-state index contributed by atoms with van der Waals surface area (Å²) < 4.78 is 12.0. The third-order valence-electron chi connectivity index (χ3n) is 6.61. The number of amides is 2. The van der Waals surface area contributed by atoms with Crippen LogP contribution < -0.4 is 9.47 Å². The first-order valence-electron chi connectivity index (χ1n) is 10.8. The number of ether oxygens (including phenoxy) is 2. The number of carbonyl (C=O) groups is 3. The lowest BCUT2D eigenvalue weighted by Crippen LogP contribution is -2.28. The SMILES string of the molecule is COc1cc(C=NN2C(=O)[C@@H]3[C@H](C2=O)[C@H]2C=C[C@H]3C2)cc(Br)c1OCc1ccc(C(=O)O)cc1. The highest BCUT2D eigenvalue weighted by atomic mass is 79.9. The van der Waals surface area contributed by atoms with Crippen molar-refractivity contribution >= 4 is 39.9 Å². The van der Waals surface area contributed by atoms with Gasteiger partial charge in [0, 0.05) is 0 Å². The Morgan fingerprint density at radius 3 is 2.38 bits per heavy atom. The Kier molecular flexibility index (Phi) is 5.73. The predicted molar refractivity (Wildman–Crippen MR) is 126 cm³/mol. The van der Waals surface area contributed by atoms with Crippen LogP contribution in [-0.2, 0) is 16.2 Å². The van der Waals surface area contributed by atoms with Crippen LogP contribution in [-0.4, -0.2) is 41.2 Å². The van der Waals surface area contributed by atoms with Gasteiger partial charge in [-0.2, -0.15) is 10.1 Å². The van der Waals surface area contributed by atoms with Gasteiger partial charge >= 0.3 is 5.97 Å². The maximum atomic E-state index is 12.8. The van der Waals surface area contributed by atoms with E-state index in [1.807, 2.05) is 12.2 Å². The first-order valence-corrected chi connectivity index (χ1v) is 11.6. The average molecular weight is 525 g/mol. The average Bonchev–Trinajstić information content (AvgIpc) is 3.51. The summed E-state index contributed by atoms with van der Waals surface area (Å²) in [5.74, 6) is -0.855. The Balaban J connectivity index is 1.31. The molecule has 1 N–H and O–H groups in total. The van der Waals surface area contributed by atoms with Crippen molar-refractivity contribution in [3.05, 3.63) is 69.7 Å². The number of carboxylic acid groups (broad SMARTS) is 1. The summed E-state index contributed by atoms with van der Waals surface area (Å²) in [4.78, 5) is 36.6. The number of carboxylic acids is 1. The zero-order chi connectivity index (χ0) is 24.0. The molecule has 5 rings (SSSR count). The summed E-state index contributed by atoms with van der Waals surface area (Å²) in [7, 11) is 1.51. The summed E-state index contributed by atoms with van der Waals surface area (Å²) in [6.45, 7) is 0.207. The minimum absolute atomic E-state index is 0.137. The normalized spacial score (nSPS) is 24.8. The topological polar surface area (TPSA) is 106 Å². The molecule has 4 atom stereocenters. The molecular weight excluding hydrogens is 504 g/mol. The zero-order valence-corrected chi connectivity index (χ0v) is 19.8. The molecule has 9 heteroatoms. The Bertz CT molecular complexity index is 1210. The molecule has 174 valence electrons. The van der Waals surface area contributed by atoms with Gasteiger partial charge in [0.25, 0.3) is 11.8 Å². The smallest absolute Gasteiger partial charge is 0.335 e. The number of allylic oxidation sites excluding steroid dienone is 2. The van der Waals surface area contributed by atoms with Gasteiger partial charge in [-0.15, -0.1) is 0 Å². The Labute approximate surface area is 204 Å². The second-order valence-electron chi connectivity index (χ2n) is 8.56. The number of nitrogens with zero attached hydrogens (tertiary/aromatic N) is 2. The lowest BCUT2D eigenvalue weighted by molar-refractivity contribution is -0.140. The maximum Gasteiger partial charge on any atom is 0.335 e. The highest BCUT2D eigenvalue weighted by Crippen LogP contribution is 2.52. The van der Waals surface area contributed by atoms with Gasteiger partial charge in [0.1, 0.15) is 6.61 Å². The van der Waals surface area contributed by atoms with Crippen LogP contribution in [0.25, 0.3) is 0 Å². The molecule has 0 unspecified atom stereocenters. The number of hydrogen-bond acceptors (Lipinski definition) is 6. The molecule has 2 bridgehead atoms. The summed E-state index contributed by atoms with van der Waals surface area (Å²) >= 11 is 3.48. The van der Waals surface area contributed by atoms with Crippen LogP contribution in [0.4, 0.5) is 0 Å². The van der Waals surface area contributed by atoms with Crippen molar-refractivity contribution in [2.45, 2.75) is 13.0 Å². The number of rotatable bonds is 7. The Morgan fingerprint density at radius 1 is 1.15 bits per heavy atom. The number of methoxy groups -OCH3 is 1. The fraction of sp³-hybridized carbons (Fsp3) is 0.280. The zero-order valence-electron chi connectivity index (χ0n) is 18.2. The fourth-order valence-corrected chi connectivity index (χ4v) is 5.55. The molecule has 1 aliphatic heterocycles. The number of imide groups is 1. The van der Waals surface area contributed by atoms with E-state index < -0.39 is 5.97 Å². The van der Waals surface area contributed by atoms with E-state index in [2.05, 4.69) is 21.0 Å². The minimum atomic E-state index is -0.987. The monoisotopic (exact) mass is 524 g/mol. The van der Waals surface area contributed by atoms with Gasteiger partial charge in [0.15, 0.2) is 11.5 Å². The van der Waals surface area contributed by atoms with Crippen LogP contribution in [0.5, 0.6) is 11.5 Å². The van der Waals surface area contributed by atoms with Gasteiger partial charge in [-0.25, -0.2) is 4.79 Å². The van der Waals surface area contributed by atoms with E-state index in [9.17, 15) is 14.4 Å². The van der Waals surface area contributed by atoms with E-state index in [1.54, 1.807) is 24.3 Å². The first-order chi connectivity index (χ1) is 16.4. The van der Waals surface area contributed by atoms with Gasteiger partial charge in [-0.05, 0) is 69.6 Å². The lowest BCUT2D eigenvalue weighted by atomic mass is 9.85. The lowest BCUT2D eigenvalue weighted by Gasteiger charge is -2.14. The molecule has 0 spiro atoms. The molecule has 1 heterocycles. The fourth-order valence-electron chi connectivity index (χ4n) is 4.98. The van der Waals surface area contributed by atoms with E-state index in [0.29, 0.717) is 21.5 Å². The van der Waals surface area contributed by atoms with Crippen molar-refractivity contribution < 1.29 is 29.0 Å². The van der Waals surface area contributed by atoms with Gasteiger partial charge in [0.2, 0.25) is 0 Å². The molecule has 1 saturated carbocycles. The molecule has 0 radical (unpaired) electrons. The second kappa shape index (κ2) is 8.72. The van der Waals surface area contributed by atoms with E-state index in [1.165, 1.54) is 25.5 Å². The van der Waals surface area contributed by atoms with E-state index in [-0.39, 0.29) is 47.7 Å². The van der Waals surface area contributed by atoms with Crippen molar-refractivity contribution in [2.75, 3.05) is 7.11 Å². The maximum absolute atomic E-state index is 12.8. The molecule has 2 amide bonds. The van der Waals surface area contributed by atoms with Crippen LogP contribution in [0.1, 0.15) is 27.9 Å². The third-order valence-corrected chi connectivity index (χ3v) is 7.19. The van der Waals surface area contributed by atoms with Crippen LogP contribution in [0, 0.1) is 23.7 Å². The van der Waals surface area contributed by atoms with E-state index in [0.717, 1.165) is 17.0 Å². The molecule has 1 saturated heterocycles. The van der Waals surface area contributed by atoms with Gasteiger partial charge in [-0.3, -0.25) is 9.59 Å². The van der Waals surface area contributed by atoms with Gasteiger partial charge in [0.05, 0.1) is 35.2 Å². The number of benzene rings is 2. The Hall–Kier alpha value is -3.46. The Morgan fingerprint density at radius 2 is 1.79 bits per heavy atom. The second-order valence-corrected chi connectivity index (χ2v) is 9.41. The van der Waals surface area contributed by atoms with Crippen LogP contribution in [0.3, 0.4) is 0 Å². The molecule has 2 aromatic carbocycles. The molecular formula is C25H21BrN2O6. The largest absolute Gasteiger partial charge is 0.493 e. The number of hydrogen-bond donors (Lipinski definition) is 1. The van der Waals surface area contributed by atoms with Crippen molar-refractivity contribution in [1.82, 2.24) is 5.01 Å². The number of halogens is 1. The summed E-state index contributed by atoms with van der Waals surface area (Å²) in [6, 6.07) is 9.87. The van der Waals surface area contributed by atoms with Crippen molar-refractivity contribution in [3.63, 3.8) is 0 Å². The molecule has 2 fully saturated rings. The molecule has 8 nitrogen and oxygen atoms in total. The number of carbonyl (C=O) groups excluding carboxylic acids is 2.